The van der Waals surface area contributed by atoms with Crippen LogP contribution in [0, 0.1) is 6.92 Å². The van der Waals surface area contributed by atoms with Crippen LogP contribution in [0.2, 0.25) is 0 Å². The van der Waals surface area contributed by atoms with Crippen LogP contribution in [0.4, 0.5) is 0 Å². The maximum atomic E-state index is 12.6. The van der Waals surface area contributed by atoms with Crippen LogP contribution in [-0.2, 0) is 11.2 Å². The zero-order valence-corrected chi connectivity index (χ0v) is 14.4. The zero-order valence-electron chi connectivity index (χ0n) is 13.5. The number of aromatic nitrogens is 1. The Morgan fingerprint density at radius 2 is 1.96 bits per heavy atom. The Bertz CT molecular complexity index is 900. The van der Waals surface area contributed by atoms with E-state index >= 15 is 0 Å². The largest absolute Gasteiger partial charge is 0.454 e. The molecule has 0 bridgehead atoms. The summed E-state index contributed by atoms with van der Waals surface area (Å²) in [5.41, 5.74) is 2.86. The van der Waals surface area contributed by atoms with E-state index in [9.17, 15) is 9.59 Å². The third-order valence-electron chi connectivity index (χ3n) is 3.90. The number of para-hydroxylation sites is 1. The molecule has 24 heavy (non-hydrogen) atoms. The molecule has 0 aliphatic heterocycles. The molecular formula is C19H17NO3S. The van der Waals surface area contributed by atoms with Crippen molar-refractivity contribution in [1.29, 1.82) is 0 Å². The molecule has 0 radical (unpaired) electrons. The topological polar surface area (TPSA) is 56.3 Å². The van der Waals surface area contributed by atoms with Crippen molar-refractivity contribution in [2.24, 2.45) is 0 Å². The molecule has 3 aromatic rings. The van der Waals surface area contributed by atoms with Gasteiger partial charge in [-0.3, -0.25) is 9.78 Å². The van der Waals surface area contributed by atoms with E-state index in [1.807, 2.05) is 43.5 Å². The van der Waals surface area contributed by atoms with Gasteiger partial charge in [0.2, 0.25) is 5.78 Å². The molecule has 0 saturated carbocycles. The number of hydrogen-bond donors (Lipinski definition) is 0. The van der Waals surface area contributed by atoms with Gasteiger partial charge in [-0.2, -0.15) is 0 Å². The molecule has 0 atom stereocenters. The highest BCUT2D eigenvalue weighted by atomic mass is 32.1. The highest BCUT2D eigenvalue weighted by molar-refractivity contribution is 7.12. The van der Waals surface area contributed by atoms with Crippen molar-refractivity contribution in [3.05, 3.63) is 63.5 Å². The Morgan fingerprint density at radius 1 is 1.17 bits per heavy atom. The van der Waals surface area contributed by atoms with E-state index in [4.69, 9.17) is 4.74 Å². The van der Waals surface area contributed by atoms with Crippen LogP contribution in [0.25, 0.3) is 10.9 Å². The van der Waals surface area contributed by atoms with E-state index in [1.165, 1.54) is 11.3 Å². The molecule has 3 rings (SSSR count). The fraction of sp³-hybridized carbons (Fsp3) is 0.211. The van der Waals surface area contributed by atoms with Crippen LogP contribution in [0.5, 0.6) is 0 Å². The first-order chi connectivity index (χ1) is 11.6. The number of hydrogen-bond acceptors (Lipinski definition) is 5. The van der Waals surface area contributed by atoms with Crippen LogP contribution >= 0.6 is 11.3 Å². The molecule has 1 aromatic carbocycles. The third-order valence-corrected chi connectivity index (χ3v) is 4.81. The van der Waals surface area contributed by atoms with Crippen molar-refractivity contribution >= 4 is 34.0 Å². The second kappa shape index (κ2) is 6.93. The normalized spacial score (nSPS) is 10.8. The number of esters is 1. The predicted octanol–water partition coefficient (Wildman–Crippen LogP) is 4.21. The number of benzene rings is 1. The quantitative estimate of drug-likeness (QED) is 0.516. The number of ketones is 1. The van der Waals surface area contributed by atoms with Crippen LogP contribution in [-0.4, -0.2) is 23.3 Å². The number of Topliss-reactive ketones (excluding diaryl/α,β-unsaturated/α-hetero) is 1. The molecule has 0 amide bonds. The molecular weight excluding hydrogens is 322 g/mol. The number of thiophene rings is 1. The van der Waals surface area contributed by atoms with Crippen LogP contribution in [0.1, 0.15) is 38.2 Å². The fourth-order valence-corrected chi connectivity index (χ4v) is 3.33. The number of carbonyl (C=O) groups is 2. The van der Waals surface area contributed by atoms with Gasteiger partial charge in [0.25, 0.3) is 0 Å². The summed E-state index contributed by atoms with van der Waals surface area (Å²) in [5, 5.41) is 2.74. The Balaban J connectivity index is 1.89. The van der Waals surface area contributed by atoms with Crippen LogP contribution in [0.15, 0.2) is 41.8 Å². The van der Waals surface area contributed by atoms with Gasteiger partial charge >= 0.3 is 5.97 Å². The monoisotopic (exact) mass is 339 g/mol. The van der Waals surface area contributed by atoms with E-state index in [1.54, 1.807) is 12.1 Å². The number of rotatable bonds is 5. The van der Waals surface area contributed by atoms with E-state index in [-0.39, 0.29) is 12.4 Å². The van der Waals surface area contributed by atoms with Crippen LogP contribution in [0.3, 0.4) is 0 Å². The molecule has 122 valence electrons. The molecule has 0 unspecified atom stereocenters. The van der Waals surface area contributed by atoms with Gasteiger partial charge in [0.15, 0.2) is 6.61 Å². The summed E-state index contributed by atoms with van der Waals surface area (Å²) in [7, 11) is 0. The van der Waals surface area contributed by atoms with Crippen LogP contribution < -0.4 is 0 Å². The standard InChI is InChI=1S/C19H17NO3S/c1-3-14-18(12(2)13-7-4-5-8-15(13)20-14)19(22)23-11-16(21)17-9-6-10-24-17/h4-10H,3,11H2,1-2H3. The molecule has 0 fully saturated rings. The minimum atomic E-state index is -0.493. The van der Waals surface area contributed by atoms with Crippen molar-refractivity contribution in [3.63, 3.8) is 0 Å². The van der Waals surface area contributed by atoms with Crippen molar-refractivity contribution in [2.45, 2.75) is 20.3 Å². The molecule has 0 spiro atoms. The molecule has 0 aliphatic carbocycles. The van der Waals surface area contributed by atoms with E-state index in [2.05, 4.69) is 4.98 Å². The first kappa shape index (κ1) is 16.3. The number of aryl methyl sites for hydroxylation is 2. The predicted molar refractivity (Wildman–Crippen MR) is 94.8 cm³/mol. The summed E-state index contributed by atoms with van der Waals surface area (Å²) in [6.07, 6.45) is 0.620. The van der Waals surface area contributed by atoms with Gasteiger partial charge < -0.3 is 4.74 Å². The summed E-state index contributed by atoms with van der Waals surface area (Å²) in [5.74, 6) is -0.685. The minimum Gasteiger partial charge on any atom is -0.454 e. The van der Waals surface area contributed by atoms with Gasteiger partial charge in [-0.15, -0.1) is 11.3 Å². The van der Waals surface area contributed by atoms with Gasteiger partial charge in [0.1, 0.15) is 0 Å². The number of fused-ring (bicyclic) bond motifs is 1. The molecule has 5 heteroatoms. The summed E-state index contributed by atoms with van der Waals surface area (Å²) < 4.78 is 5.26. The molecule has 0 aliphatic rings. The first-order valence-electron chi connectivity index (χ1n) is 7.73. The molecule has 0 saturated heterocycles. The summed E-state index contributed by atoms with van der Waals surface area (Å²) in [4.78, 5) is 29.7. The number of carbonyl (C=O) groups excluding carboxylic acids is 2. The Morgan fingerprint density at radius 3 is 2.67 bits per heavy atom. The lowest BCUT2D eigenvalue weighted by Crippen LogP contribution is -2.17. The van der Waals surface area contributed by atoms with Crippen molar-refractivity contribution in [2.75, 3.05) is 6.61 Å². The lowest BCUT2D eigenvalue weighted by molar-refractivity contribution is 0.0473. The van der Waals surface area contributed by atoms with Gasteiger partial charge in [-0.05, 0) is 36.4 Å². The van der Waals surface area contributed by atoms with Gasteiger partial charge in [-0.1, -0.05) is 31.2 Å². The highest BCUT2D eigenvalue weighted by Gasteiger charge is 2.20. The third kappa shape index (κ3) is 3.08. The van der Waals surface area contributed by atoms with E-state index in [0.29, 0.717) is 22.6 Å². The van der Waals surface area contributed by atoms with Gasteiger partial charge in [-0.25, -0.2) is 4.79 Å². The molecule has 2 aromatic heterocycles. The molecule has 2 heterocycles. The van der Waals surface area contributed by atoms with Gasteiger partial charge in [0.05, 0.1) is 21.7 Å². The second-order valence-corrected chi connectivity index (χ2v) is 6.35. The Labute approximate surface area is 144 Å². The molecule has 0 N–H and O–H groups in total. The zero-order chi connectivity index (χ0) is 17.1. The highest BCUT2D eigenvalue weighted by Crippen LogP contribution is 2.24. The van der Waals surface area contributed by atoms with Crippen molar-refractivity contribution in [1.82, 2.24) is 4.98 Å². The maximum absolute atomic E-state index is 12.6. The first-order valence-corrected chi connectivity index (χ1v) is 8.61. The lowest BCUT2D eigenvalue weighted by Gasteiger charge is -2.13. The van der Waals surface area contributed by atoms with Gasteiger partial charge in [0, 0.05) is 5.39 Å². The Kier molecular flexibility index (Phi) is 4.71. The maximum Gasteiger partial charge on any atom is 0.340 e. The summed E-state index contributed by atoms with van der Waals surface area (Å²) in [6.45, 7) is 3.58. The van der Waals surface area contributed by atoms with E-state index < -0.39 is 5.97 Å². The minimum absolute atomic E-state index is 0.192. The fourth-order valence-electron chi connectivity index (χ4n) is 2.68. The van der Waals surface area contributed by atoms with Crippen molar-refractivity contribution in [3.8, 4) is 0 Å². The SMILES string of the molecule is CCc1nc2ccccc2c(C)c1C(=O)OCC(=O)c1cccs1. The number of pyridine rings is 1. The number of ether oxygens (including phenoxy) is 1. The average molecular weight is 339 g/mol. The summed E-state index contributed by atoms with van der Waals surface area (Å²) >= 11 is 1.34. The second-order valence-electron chi connectivity index (χ2n) is 5.41. The average Bonchev–Trinajstić information content (AvgIpc) is 3.14. The van der Waals surface area contributed by atoms with E-state index in [0.717, 1.165) is 16.5 Å². The number of nitrogens with zero attached hydrogens (tertiary/aromatic N) is 1. The summed E-state index contributed by atoms with van der Waals surface area (Å²) in [6, 6.07) is 11.2. The van der Waals surface area contributed by atoms with Crippen molar-refractivity contribution < 1.29 is 14.3 Å². The lowest BCUT2D eigenvalue weighted by atomic mass is 10.0. The smallest absolute Gasteiger partial charge is 0.340 e. The Hall–Kier alpha value is -2.53. The molecule has 4 nitrogen and oxygen atoms in total.